The van der Waals surface area contributed by atoms with Crippen molar-refractivity contribution < 1.29 is 4.79 Å². The molecule has 0 radical (unpaired) electrons. The topological polar surface area (TPSA) is 116 Å². The summed E-state index contributed by atoms with van der Waals surface area (Å²) >= 11 is 1.12. The molecular formula is C19H19N5OS. The number of hydrogen-bond acceptors (Lipinski definition) is 6. The van der Waals surface area contributed by atoms with Crippen LogP contribution in [-0.2, 0) is 11.2 Å². The summed E-state index contributed by atoms with van der Waals surface area (Å²) in [5, 5.41) is 21.4. The molecular weight excluding hydrogens is 346 g/mol. The number of carbonyl (C=O) groups is 1. The highest BCUT2D eigenvalue weighted by Crippen LogP contribution is 2.24. The number of carbonyl (C=O) groups excluding carboxylic acids is 1. The lowest BCUT2D eigenvalue weighted by Crippen LogP contribution is -2.28. The fourth-order valence-corrected chi connectivity index (χ4v) is 3.11. The Morgan fingerprint density at radius 3 is 2.50 bits per heavy atom. The molecule has 1 amide bonds. The number of aromatic nitrogens is 1. The molecule has 3 N–H and O–H groups in total. The van der Waals surface area contributed by atoms with Crippen LogP contribution in [0.1, 0.15) is 42.1 Å². The maximum absolute atomic E-state index is 12.2. The number of thioether (sulfide) groups is 1. The third-order valence-electron chi connectivity index (χ3n) is 3.86. The van der Waals surface area contributed by atoms with Gasteiger partial charge in [-0.1, -0.05) is 43.0 Å². The predicted octanol–water partition coefficient (Wildman–Crippen LogP) is 2.94. The van der Waals surface area contributed by atoms with Crippen LogP contribution in [0.2, 0.25) is 0 Å². The third-order valence-corrected chi connectivity index (χ3v) is 4.85. The van der Waals surface area contributed by atoms with E-state index in [2.05, 4.69) is 29.4 Å². The van der Waals surface area contributed by atoms with Gasteiger partial charge in [-0.3, -0.25) is 4.79 Å². The zero-order valence-electron chi connectivity index (χ0n) is 14.6. The first-order chi connectivity index (χ1) is 12.5. The van der Waals surface area contributed by atoms with Crippen molar-refractivity contribution in [3.8, 4) is 12.1 Å². The summed E-state index contributed by atoms with van der Waals surface area (Å²) < 4.78 is 0. The second-order valence-electron chi connectivity index (χ2n) is 5.67. The Morgan fingerprint density at radius 2 is 1.92 bits per heavy atom. The van der Waals surface area contributed by atoms with Crippen molar-refractivity contribution in [2.24, 2.45) is 0 Å². The molecule has 1 atom stereocenters. The van der Waals surface area contributed by atoms with Gasteiger partial charge in [0.05, 0.1) is 22.9 Å². The number of nitrogens with zero attached hydrogens (tertiary/aromatic N) is 3. The van der Waals surface area contributed by atoms with E-state index in [1.165, 1.54) is 11.6 Å². The minimum atomic E-state index is -0.171. The van der Waals surface area contributed by atoms with Crippen molar-refractivity contribution in [2.45, 2.75) is 31.3 Å². The van der Waals surface area contributed by atoms with E-state index in [1.54, 1.807) is 0 Å². The quantitative estimate of drug-likeness (QED) is 0.760. The molecule has 0 unspecified atom stereocenters. The highest BCUT2D eigenvalue weighted by Gasteiger charge is 2.14. The summed E-state index contributed by atoms with van der Waals surface area (Å²) in [6.45, 7) is 4.01. The van der Waals surface area contributed by atoms with Crippen molar-refractivity contribution in [1.29, 1.82) is 10.5 Å². The first kappa shape index (κ1) is 19.3. The van der Waals surface area contributed by atoms with Gasteiger partial charge in [0.2, 0.25) is 5.91 Å². The number of rotatable bonds is 6. The lowest BCUT2D eigenvalue weighted by atomic mass is 10.1. The first-order valence-electron chi connectivity index (χ1n) is 8.10. The number of nitrogens with two attached hydrogens (primary N) is 1. The van der Waals surface area contributed by atoms with Crippen LogP contribution < -0.4 is 11.1 Å². The molecule has 0 saturated heterocycles. The van der Waals surface area contributed by atoms with Crippen LogP contribution in [0.4, 0.5) is 5.82 Å². The Bertz CT molecular complexity index is 881. The number of aryl methyl sites for hydroxylation is 1. The highest BCUT2D eigenvalue weighted by atomic mass is 32.2. The average Bonchev–Trinajstić information content (AvgIpc) is 2.66. The van der Waals surface area contributed by atoms with Gasteiger partial charge in [0, 0.05) is 0 Å². The monoisotopic (exact) mass is 365 g/mol. The van der Waals surface area contributed by atoms with Gasteiger partial charge in [-0.25, -0.2) is 4.98 Å². The van der Waals surface area contributed by atoms with Gasteiger partial charge in [0.15, 0.2) is 0 Å². The van der Waals surface area contributed by atoms with Gasteiger partial charge in [0.25, 0.3) is 0 Å². The number of pyridine rings is 1. The zero-order valence-corrected chi connectivity index (χ0v) is 15.4. The largest absolute Gasteiger partial charge is 0.383 e. The Hall–Kier alpha value is -3.03. The minimum Gasteiger partial charge on any atom is -0.383 e. The van der Waals surface area contributed by atoms with E-state index >= 15 is 0 Å². The molecule has 7 heteroatoms. The van der Waals surface area contributed by atoms with Crippen molar-refractivity contribution in [3.05, 3.63) is 52.6 Å². The van der Waals surface area contributed by atoms with Crippen LogP contribution in [-0.4, -0.2) is 16.6 Å². The molecule has 1 aromatic heterocycles. The van der Waals surface area contributed by atoms with Gasteiger partial charge in [0.1, 0.15) is 23.0 Å². The van der Waals surface area contributed by atoms with Crippen LogP contribution in [0.25, 0.3) is 0 Å². The molecule has 0 aliphatic rings. The highest BCUT2D eigenvalue weighted by molar-refractivity contribution is 8.00. The van der Waals surface area contributed by atoms with Gasteiger partial charge in [-0.2, -0.15) is 10.5 Å². The zero-order chi connectivity index (χ0) is 19.1. The van der Waals surface area contributed by atoms with Crippen molar-refractivity contribution in [2.75, 3.05) is 11.5 Å². The Labute approximate surface area is 157 Å². The summed E-state index contributed by atoms with van der Waals surface area (Å²) in [5.74, 6) is -0.0146. The first-order valence-corrected chi connectivity index (χ1v) is 9.08. The smallest absolute Gasteiger partial charge is 0.230 e. The third kappa shape index (κ3) is 4.75. The van der Waals surface area contributed by atoms with E-state index < -0.39 is 0 Å². The number of benzene rings is 1. The van der Waals surface area contributed by atoms with Crippen LogP contribution in [0, 0.1) is 22.7 Å². The fraction of sp³-hybridized carbons (Fsp3) is 0.263. The summed E-state index contributed by atoms with van der Waals surface area (Å²) in [6, 6.07) is 13.2. The number of nitrogens with one attached hydrogen (secondary N) is 1. The number of anilines is 1. The molecule has 6 nitrogen and oxygen atoms in total. The lowest BCUT2D eigenvalue weighted by Gasteiger charge is -2.15. The second kappa shape index (κ2) is 8.89. The van der Waals surface area contributed by atoms with Crippen LogP contribution in [0.5, 0.6) is 0 Å². The molecule has 2 rings (SSSR count). The summed E-state index contributed by atoms with van der Waals surface area (Å²) in [6.07, 6.45) is 0.972. The molecule has 0 aliphatic heterocycles. The lowest BCUT2D eigenvalue weighted by molar-refractivity contribution is -0.119. The van der Waals surface area contributed by atoms with Crippen LogP contribution in [0.15, 0.2) is 35.4 Å². The standard InChI is InChI=1S/C19H19N5OS/c1-3-13-4-6-14(7-5-13)12(2)23-17(25)11-26-19-16(10-21)8-15(9-20)18(22)24-19/h4-8,12H,3,11H2,1-2H3,(H2,22,24)(H,23,25)/t12-/m1/s1. The second-order valence-corrected chi connectivity index (χ2v) is 6.63. The van der Waals surface area contributed by atoms with E-state index in [4.69, 9.17) is 11.0 Å². The normalized spacial score (nSPS) is 11.2. The van der Waals surface area contributed by atoms with Crippen LogP contribution in [0.3, 0.4) is 0 Å². The molecule has 1 heterocycles. The SMILES string of the molecule is CCc1ccc([C@@H](C)NC(=O)CSc2nc(N)c(C#N)cc2C#N)cc1. The molecule has 26 heavy (non-hydrogen) atoms. The Morgan fingerprint density at radius 1 is 1.27 bits per heavy atom. The summed E-state index contributed by atoms with van der Waals surface area (Å²) in [4.78, 5) is 16.3. The number of amides is 1. The molecule has 2 aromatic rings. The number of hydrogen-bond donors (Lipinski definition) is 2. The van der Waals surface area contributed by atoms with Gasteiger partial charge < -0.3 is 11.1 Å². The van der Waals surface area contributed by atoms with E-state index in [0.717, 1.165) is 23.7 Å². The molecule has 0 fully saturated rings. The van der Waals surface area contributed by atoms with Gasteiger partial charge >= 0.3 is 0 Å². The number of nitriles is 2. The van der Waals surface area contributed by atoms with Gasteiger partial charge in [-0.15, -0.1) is 0 Å². The average molecular weight is 365 g/mol. The van der Waals surface area contributed by atoms with Crippen LogP contribution >= 0.6 is 11.8 Å². The molecule has 0 bridgehead atoms. The van der Waals surface area contributed by atoms with E-state index in [0.29, 0.717) is 5.03 Å². The molecule has 0 aliphatic carbocycles. The maximum atomic E-state index is 12.2. The van der Waals surface area contributed by atoms with Crippen molar-refractivity contribution >= 4 is 23.5 Å². The minimum absolute atomic E-state index is 0.0544. The number of nitrogen functional groups attached to an aromatic ring is 1. The summed E-state index contributed by atoms with van der Waals surface area (Å²) in [5.41, 5.74) is 8.34. The fourth-order valence-electron chi connectivity index (χ4n) is 2.33. The van der Waals surface area contributed by atoms with Gasteiger partial charge in [-0.05, 0) is 30.5 Å². The van der Waals surface area contributed by atoms with Crippen molar-refractivity contribution in [1.82, 2.24) is 10.3 Å². The molecule has 0 saturated carbocycles. The molecule has 1 aromatic carbocycles. The van der Waals surface area contributed by atoms with E-state index in [9.17, 15) is 10.1 Å². The van der Waals surface area contributed by atoms with E-state index in [1.807, 2.05) is 31.2 Å². The predicted molar refractivity (Wildman–Crippen MR) is 101 cm³/mol. The van der Waals surface area contributed by atoms with E-state index in [-0.39, 0.29) is 34.6 Å². The van der Waals surface area contributed by atoms with Crippen molar-refractivity contribution in [3.63, 3.8) is 0 Å². The maximum Gasteiger partial charge on any atom is 0.230 e. The Balaban J connectivity index is 1.99. The Kier molecular flexibility index (Phi) is 6.60. The summed E-state index contributed by atoms with van der Waals surface area (Å²) in [7, 11) is 0. The molecule has 0 spiro atoms. The molecule has 132 valence electrons.